The van der Waals surface area contributed by atoms with Crippen molar-refractivity contribution in [3.05, 3.63) is 46.7 Å². The van der Waals surface area contributed by atoms with Crippen LogP contribution >= 0.6 is 11.8 Å². The van der Waals surface area contributed by atoms with Crippen LogP contribution < -0.4 is 5.32 Å². The van der Waals surface area contributed by atoms with Crippen molar-refractivity contribution < 1.29 is 9.53 Å². The predicted octanol–water partition coefficient (Wildman–Crippen LogP) is 3.55. The van der Waals surface area contributed by atoms with E-state index in [9.17, 15) is 4.79 Å². The lowest BCUT2D eigenvalue weighted by Crippen LogP contribution is -2.29. The van der Waals surface area contributed by atoms with Gasteiger partial charge in [-0.3, -0.25) is 0 Å². The van der Waals surface area contributed by atoms with Crippen LogP contribution in [-0.2, 0) is 9.53 Å². The molecule has 132 valence electrons. The zero-order valence-electron chi connectivity index (χ0n) is 14.9. The Hall–Kier alpha value is -2.28. The number of aryl methyl sites for hydroxylation is 1. The number of anilines is 1. The van der Waals surface area contributed by atoms with E-state index in [1.807, 2.05) is 45.0 Å². The molecular weight excluding hydrogens is 336 g/mol. The molecule has 0 unspecified atom stereocenters. The summed E-state index contributed by atoms with van der Waals surface area (Å²) in [5.41, 5.74) is 3.46. The lowest BCUT2D eigenvalue weighted by atomic mass is 9.95. The highest BCUT2D eigenvalue weighted by Crippen LogP contribution is 2.36. The molecule has 0 spiro atoms. The number of nitrogens with one attached hydrogen (secondary N) is 1. The van der Waals surface area contributed by atoms with Gasteiger partial charge in [-0.05, 0) is 32.1 Å². The quantitative estimate of drug-likeness (QED) is 0.651. The topological polar surface area (TPSA) is 69.0 Å². The number of hydrogen-bond donors (Lipinski definition) is 1. The molecule has 0 fully saturated rings. The molecule has 0 radical (unpaired) electrons. The summed E-state index contributed by atoms with van der Waals surface area (Å²) in [5, 5.41) is 8.50. The van der Waals surface area contributed by atoms with Crippen LogP contribution in [0.15, 0.2) is 40.7 Å². The van der Waals surface area contributed by atoms with Gasteiger partial charge in [-0.2, -0.15) is 4.98 Å². The van der Waals surface area contributed by atoms with Gasteiger partial charge in [-0.25, -0.2) is 9.48 Å². The van der Waals surface area contributed by atoms with Gasteiger partial charge in [0.25, 0.3) is 0 Å². The molecule has 2 aromatic rings. The van der Waals surface area contributed by atoms with Crippen molar-refractivity contribution in [3.63, 3.8) is 0 Å². The van der Waals surface area contributed by atoms with Gasteiger partial charge in [-0.15, -0.1) is 5.10 Å². The molecule has 0 saturated heterocycles. The number of carbonyl (C=O) groups excluding carboxylic acids is 1. The maximum absolute atomic E-state index is 12.6. The fourth-order valence-electron chi connectivity index (χ4n) is 2.85. The van der Waals surface area contributed by atoms with Crippen molar-refractivity contribution in [1.82, 2.24) is 14.8 Å². The molecule has 0 aliphatic carbocycles. The maximum Gasteiger partial charge on any atom is 0.338 e. The van der Waals surface area contributed by atoms with Crippen LogP contribution in [0.1, 0.15) is 37.9 Å². The molecule has 0 amide bonds. The van der Waals surface area contributed by atoms with Gasteiger partial charge >= 0.3 is 5.97 Å². The first kappa shape index (κ1) is 17.5. The Kier molecular flexibility index (Phi) is 5.13. The van der Waals surface area contributed by atoms with E-state index < -0.39 is 0 Å². The number of nitrogens with zero attached hydrogens (tertiary/aromatic N) is 3. The Bertz CT molecular complexity index is 811. The Morgan fingerprint density at radius 1 is 1.28 bits per heavy atom. The number of esters is 1. The summed E-state index contributed by atoms with van der Waals surface area (Å²) in [7, 11) is 0. The Balaban J connectivity index is 2.12. The first-order valence-corrected chi connectivity index (χ1v) is 9.34. The van der Waals surface area contributed by atoms with E-state index in [0.717, 1.165) is 22.6 Å². The summed E-state index contributed by atoms with van der Waals surface area (Å²) in [6.45, 7) is 8.11. The minimum atomic E-state index is -0.352. The summed E-state index contributed by atoms with van der Waals surface area (Å²) in [6, 6.07) is 7.77. The van der Waals surface area contributed by atoms with E-state index in [2.05, 4.69) is 22.3 Å². The summed E-state index contributed by atoms with van der Waals surface area (Å²) in [4.78, 5) is 17.2. The molecule has 1 atom stereocenters. The molecule has 7 heteroatoms. The van der Waals surface area contributed by atoms with Gasteiger partial charge in [0.1, 0.15) is 6.04 Å². The number of carbonyl (C=O) groups is 1. The van der Waals surface area contributed by atoms with Crippen LogP contribution in [-0.4, -0.2) is 33.1 Å². The highest BCUT2D eigenvalue weighted by Gasteiger charge is 2.35. The lowest BCUT2D eigenvalue weighted by Gasteiger charge is -2.28. The average molecular weight is 358 g/mol. The van der Waals surface area contributed by atoms with Crippen molar-refractivity contribution in [1.29, 1.82) is 0 Å². The summed E-state index contributed by atoms with van der Waals surface area (Å²) >= 11 is 1.57. The smallest absolute Gasteiger partial charge is 0.338 e. The van der Waals surface area contributed by atoms with Crippen LogP contribution in [0.25, 0.3) is 0 Å². The van der Waals surface area contributed by atoms with E-state index in [-0.39, 0.29) is 12.0 Å². The molecule has 1 aliphatic rings. The standard InChI is InChI=1S/C18H22N4O2S/c1-5-24-16(23)14-12(4)19-17-20-18(25-6-2)21-22(17)15(14)13-9-7-11(3)8-10-13/h7-10,15H,5-6H2,1-4H3,(H,19,20,21)/t15-/m0/s1. The Morgan fingerprint density at radius 3 is 2.64 bits per heavy atom. The zero-order chi connectivity index (χ0) is 18.0. The van der Waals surface area contributed by atoms with Crippen molar-refractivity contribution in [2.75, 3.05) is 17.7 Å². The van der Waals surface area contributed by atoms with Crippen molar-refractivity contribution in [2.45, 2.75) is 38.9 Å². The largest absolute Gasteiger partial charge is 0.463 e. The first-order chi connectivity index (χ1) is 12.0. The van der Waals surface area contributed by atoms with Gasteiger partial charge < -0.3 is 10.1 Å². The van der Waals surface area contributed by atoms with Crippen LogP contribution in [0.2, 0.25) is 0 Å². The normalized spacial score (nSPS) is 16.4. The molecule has 0 bridgehead atoms. The molecule has 3 rings (SSSR count). The summed E-state index contributed by atoms with van der Waals surface area (Å²) in [6.07, 6.45) is 0. The lowest BCUT2D eigenvalue weighted by molar-refractivity contribution is -0.139. The third kappa shape index (κ3) is 3.42. The molecular formula is C18H22N4O2S. The average Bonchev–Trinajstić information content (AvgIpc) is 2.97. The maximum atomic E-state index is 12.6. The van der Waals surface area contributed by atoms with E-state index in [0.29, 0.717) is 23.3 Å². The third-order valence-corrected chi connectivity index (χ3v) is 4.71. The molecule has 1 aromatic heterocycles. The van der Waals surface area contributed by atoms with E-state index in [1.54, 1.807) is 16.4 Å². The number of allylic oxidation sites excluding steroid dienone is 1. The fourth-order valence-corrected chi connectivity index (χ4v) is 3.41. The van der Waals surface area contributed by atoms with Gasteiger partial charge in [0.15, 0.2) is 0 Å². The van der Waals surface area contributed by atoms with Gasteiger partial charge in [0.2, 0.25) is 11.1 Å². The number of benzene rings is 1. The molecule has 6 nitrogen and oxygen atoms in total. The number of aromatic nitrogens is 3. The van der Waals surface area contributed by atoms with E-state index in [4.69, 9.17) is 4.74 Å². The van der Waals surface area contributed by atoms with E-state index in [1.165, 1.54) is 0 Å². The summed E-state index contributed by atoms with van der Waals surface area (Å²) < 4.78 is 7.07. The highest BCUT2D eigenvalue weighted by molar-refractivity contribution is 7.99. The molecule has 1 aliphatic heterocycles. The monoisotopic (exact) mass is 358 g/mol. The first-order valence-electron chi connectivity index (χ1n) is 8.36. The van der Waals surface area contributed by atoms with Gasteiger partial charge in [-0.1, -0.05) is 48.5 Å². The van der Waals surface area contributed by atoms with Gasteiger partial charge in [0, 0.05) is 5.70 Å². The summed E-state index contributed by atoms with van der Waals surface area (Å²) in [5.74, 6) is 1.20. The van der Waals surface area contributed by atoms with Crippen molar-refractivity contribution in [2.24, 2.45) is 0 Å². The fraction of sp³-hybridized carbons (Fsp3) is 0.389. The number of hydrogen-bond acceptors (Lipinski definition) is 6. The number of ether oxygens (including phenoxy) is 1. The molecule has 2 heterocycles. The SMILES string of the molecule is CCOC(=O)C1=C(C)Nc2nc(SCC)nn2[C@H]1c1ccc(C)cc1. The van der Waals surface area contributed by atoms with Crippen molar-refractivity contribution in [3.8, 4) is 0 Å². The molecule has 0 saturated carbocycles. The third-order valence-electron chi connectivity index (χ3n) is 4.00. The number of rotatable bonds is 5. The predicted molar refractivity (Wildman–Crippen MR) is 98.7 cm³/mol. The van der Waals surface area contributed by atoms with Crippen molar-refractivity contribution >= 4 is 23.7 Å². The Morgan fingerprint density at radius 2 is 2.00 bits per heavy atom. The minimum absolute atomic E-state index is 0.330. The van der Waals surface area contributed by atoms with Crippen LogP contribution in [0.5, 0.6) is 0 Å². The second kappa shape index (κ2) is 7.31. The Labute approximate surface area is 151 Å². The molecule has 1 N–H and O–H groups in total. The van der Waals surface area contributed by atoms with E-state index >= 15 is 0 Å². The van der Waals surface area contributed by atoms with Crippen LogP contribution in [0, 0.1) is 6.92 Å². The van der Waals surface area contributed by atoms with Gasteiger partial charge in [0.05, 0.1) is 12.2 Å². The number of thioether (sulfide) groups is 1. The zero-order valence-corrected chi connectivity index (χ0v) is 15.7. The minimum Gasteiger partial charge on any atom is -0.463 e. The highest BCUT2D eigenvalue weighted by atomic mass is 32.2. The molecule has 25 heavy (non-hydrogen) atoms. The molecule has 1 aromatic carbocycles. The number of fused-ring (bicyclic) bond motifs is 1. The second-order valence-corrected chi connectivity index (χ2v) is 7.02. The van der Waals surface area contributed by atoms with Crippen LogP contribution in [0.3, 0.4) is 0 Å². The van der Waals surface area contributed by atoms with Crippen LogP contribution in [0.4, 0.5) is 5.95 Å². The second-order valence-electron chi connectivity index (χ2n) is 5.79.